The highest BCUT2D eigenvalue weighted by atomic mass is 19.1. The van der Waals surface area contributed by atoms with E-state index >= 15 is 0 Å². The summed E-state index contributed by atoms with van der Waals surface area (Å²) in [5.41, 5.74) is 7.57. The second kappa shape index (κ2) is 8.84. The Kier molecular flexibility index (Phi) is 6.26. The molecule has 1 aliphatic rings. The van der Waals surface area contributed by atoms with Crippen molar-refractivity contribution >= 4 is 17.6 Å². The van der Waals surface area contributed by atoms with Crippen LogP contribution in [0.2, 0.25) is 0 Å². The fraction of sp³-hybridized carbons (Fsp3) is 0.333. The van der Waals surface area contributed by atoms with Gasteiger partial charge in [0.2, 0.25) is 5.91 Å². The average Bonchev–Trinajstić information content (AvgIpc) is 3.19. The van der Waals surface area contributed by atoms with Gasteiger partial charge in [0, 0.05) is 23.4 Å². The highest BCUT2D eigenvalue weighted by Gasteiger charge is 2.26. The second-order valence-corrected chi connectivity index (χ2v) is 7.01. The average molecular weight is 384 g/mol. The lowest BCUT2D eigenvalue weighted by atomic mass is 10.0. The maximum Gasteiger partial charge on any atom is 0.319 e. The van der Waals surface area contributed by atoms with Gasteiger partial charge in [-0.05, 0) is 62.7 Å². The maximum absolute atomic E-state index is 14.3. The summed E-state index contributed by atoms with van der Waals surface area (Å²) in [6.07, 6.45) is 2.14. The monoisotopic (exact) mass is 384 g/mol. The first-order valence-corrected chi connectivity index (χ1v) is 9.39. The van der Waals surface area contributed by atoms with E-state index in [0.29, 0.717) is 23.4 Å². The quantitative estimate of drug-likeness (QED) is 0.715. The minimum atomic E-state index is -0.516. The summed E-state index contributed by atoms with van der Waals surface area (Å²) in [5.74, 6) is -0.781. The molecule has 28 heavy (non-hydrogen) atoms. The van der Waals surface area contributed by atoms with Gasteiger partial charge in [-0.25, -0.2) is 9.18 Å². The Labute approximate surface area is 163 Å². The molecule has 0 spiro atoms. The SMILES string of the molecule is Cc1cc(C(N)=O)ccc1NC(=O)NC[C@H](c1ccccc1F)N1CCCC1. The largest absolute Gasteiger partial charge is 0.366 e. The van der Waals surface area contributed by atoms with E-state index in [2.05, 4.69) is 15.5 Å². The van der Waals surface area contributed by atoms with Crippen LogP contribution in [0.5, 0.6) is 0 Å². The van der Waals surface area contributed by atoms with Gasteiger partial charge in [0.15, 0.2) is 0 Å². The van der Waals surface area contributed by atoms with Crippen LogP contribution in [0.25, 0.3) is 0 Å². The molecule has 1 saturated heterocycles. The number of hydrogen-bond donors (Lipinski definition) is 3. The molecule has 0 bridgehead atoms. The number of likely N-dealkylation sites (tertiary alicyclic amines) is 1. The van der Waals surface area contributed by atoms with Gasteiger partial charge in [-0.15, -0.1) is 0 Å². The minimum absolute atomic E-state index is 0.215. The van der Waals surface area contributed by atoms with Crippen LogP contribution < -0.4 is 16.4 Å². The van der Waals surface area contributed by atoms with Crippen LogP contribution in [-0.4, -0.2) is 36.5 Å². The van der Waals surface area contributed by atoms with Crippen LogP contribution in [0.1, 0.15) is 40.4 Å². The molecule has 1 aliphatic heterocycles. The number of amides is 3. The van der Waals surface area contributed by atoms with Crippen LogP contribution >= 0.6 is 0 Å². The van der Waals surface area contributed by atoms with Crippen LogP contribution in [0.3, 0.4) is 0 Å². The summed E-state index contributed by atoms with van der Waals surface area (Å²) in [7, 11) is 0. The van der Waals surface area contributed by atoms with E-state index in [-0.39, 0.29) is 17.9 Å². The molecule has 0 unspecified atom stereocenters. The van der Waals surface area contributed by atoms with E-state index in [1.807, 2.05) is 6.07 Å². The number of nitrogens with one attached hydrogen (secondary N) is 2. The third-order valence-corrected chi connectivity index (χ3v) is 5.06. The van der Waals surface area contributed by atoms with E-state index < -0.39 is 5.91 Å². The van der Waals surface area contributed by atoms with Crippen molar-refractivity contribution < 1.29 is 14.0 Å². The summed E-state index contributed by atoms with van der Waals surface area (Å²) in [6.45, 7) is 3.85. The smallest absolute Gasteiger partial charge is 0.319 e. The standard InChI is InChI=1S/C21H25FN4O2/c1-14-12-15(20(23)27)8-9-18(14)25-21(28)24-13-19(26-10-4-5-11-26)16-6-2-3-7-17(16)22/h2-3,6-9,12,19H,4-5,10-11,13H2,1H3,(H2,23,27)(H2,24,25,28)/t19-/m1/s1. The number of primary amides is 1. The topological polar surface area (TPSA) is 87.5 Å². The third kappa shape index (κ3) is 4.67. The first-order chi connectivity index (χ1) is 13.5. The van der Waals surface area contributed by atoms with Crippen molar-refractivity contribution in [3.8, 4) is 0 Å². The number of urea groups is 1. The van der Waals surface area contributed by atoms with Crippen molar-refractivity contribution in [3.63, 3.8) is 0 Å². The first kappa shape index (κ1) is 19.8. The van der Waals surface area contributed by atoms with Gasteiger partial charge >= 0.3 is 6.03 Å². The molecule has 0 radical (unpaired) electrons. The molecule has 1 fully saturated rings. The number of rotatable bonds is 6. The fourth-order valence-corrected chi connectivity index (χ4v) is 3.55. The van der Waals surface area contributed by atoms with Gasteiger partial charge in [0.1, 0.15) is 5.82 Å². The molecule has 1 atom stereocenters. The number of carbonyl (C=O) groups is 2. The zero-order valence-corrected chi connectivity index (χ0v) is 15.9. The van der Waals surface area contributed by atoms with Gasteiger partial charge < -0.3 is 16.4 Å². The summed E-state index contributed by atoms with van der Waals surface area (Å²) >= 11 is 0. The van der Waals surface area contributed by atoms with Crippen molar-refractivity contribution in [1.82, 2.24) is 10.2 Å². The lowest BCUT2D eigenvalue weighted by Gasteiger charge is -2.28. The maximum atomic E-state index is 14.3. The van der Waals surface area contributed by atoms with Crippen molar-refractivity contribution in [3.05, 3.63) is 65.0 Å². The van der Waals surface area contributed by atoms with Crippen molar-refractivity contribution in [2.45, 2.75) is 25.8 Å². The van der Waals surface area contributed by atoms with Crippen LogP contribution in [-0.2, 0) is 0 Å². The van der Waals surface area contributed by atoms with Crippen LogP contribution in [0.15, 0.2) is 42.5 Å². The van der Waals surface area contributed by atoms with E-state index in [0.717, 1.165) is 31.5 Å². The molecule has 7 heteroatoms. The Morgan fingerprint density at radius 2 is 1.89 bits per heavy atom. The van der Waals surface area contributed by atoms with Crippen LogP contribution in [0.4, 0.5) is 14.9 Å². The number of anilines is 1. The van der Waals surface area contributed by atoms with E-state index in [4.69, 9.17) is 5.73 Å². The predicted octanol–water partition coefficient (Wildman–Crippen LogP) is 3.19. The number of hydrogen-bond acceptors (Lipinski definition) is 3. The molecule has 0 aliphatic carbocycles. The lowest BCUT2D eigenvalue weighted by Crippen LogP contribution is -2.39. The Morgan fingerprint density at radius 1 is 1.18 bits per heavy atom. The van der Waals surface area contributed by atoms with Gasteiger partial charge in [-0.2, -0.15) is 0 Å². The zero-order chi connectivity index (χ0) is 20.1. The molecule has 3 rings (SSSR count). The Hall–Kier alpha value is -2.93. The summed E-state index contributed by atoms with van der Waals surface area (Å²) in [4.78, 5) is 25.8. The summed E-state index contributed by atoms with van der Waals surface area (Å²) in [6, 6.07) is 10.9. The number of nitrogens with two attached hydrogens (primary N) is 1. The Balaban J connectivity index is 1.67. The van der Waals surface area contributed by atoms with E-state index in [1.165, 1.54) is 6.07 Å². The number of aryl methyl sites for hydroxylation is 1. The molecule has 2 aromatic carbocycles. The molecule has 4 N–H and O–H groups in total. The van der Waals surface area contributed by atoms with E-state index in [1.54, 1.807) is 37.3 Å². The highest BCUT2D eigenvalue weighted by molar-refractivity contribution is 5.95. The van der Waals surface area contributed by atoms with Gasteiger partial charge in [0.05, 0.1) is 6.04 Å². The number of nitrogens with zero attached hydrogens (tertiary/aromatic N) is 1. The molecular weight excluding hydrogens is 359 g/mol. The number of carbonyl (C=O) groups excluding carboxylic acids is 2. The normalized spacial score (nSPS) is 15.2. The predicted molar refractivity (Wildman–Crippen MR) is 107 cm³/mol. The summed E-state index contributed by atoms with van der Waals surface area (Å²) in [5, 5.41) is 5.62. The number of halogens is 1. The molecule has 0 aromatic heterocycles. The van der Waals surface area contributed by atoms with Gasteiger partial charge in [-0.3, -0.25) is 9.69 Å². The second-order valence-electron chi connectivity index (χ2n) is 7.01. The van der Waals surface area contributed by atoms with Gasteiger partial charge in [0.25, 0.3) is 0 Å². The highest BCUT2D eigenvalue weighted by Crippen LogP contribution is 2.26. The minimum Gasteiger partial charge on any atom is -0.366 e. The lowest BCUT2D eigenvalue weighted by molar-refractivity contribution is 0.1000. The molecular formula is C21H25FN4O2. The molecule has 2 aromatic rings. The van der Waals surface area contributed by atoms with Crippen molar-refractivity contribution in [2.24, 2.45) is 5.73 Å². The fourth-order valence-electron chi connectivity index (χ4n) is 3.55. The van der Waals surface area contributed by atoms with E-state index in [9.17, 15) is 14.0 Å². The summed E-state index contributed by atoms with van der Waals surface area (Å²) < 4.78 is 14.3. The molecule has 6 nitrogen and oxygen atoms in total. The first-order valence-electron chi connectivity index (χ1n) is 9.39. The number of benzene rings is 2. The zero-order valence-electron chi connectivity index (χ0n) is 15.9. The molecule has 148 valence electrons. The van der Waals surface area contributed by atoms with Crippen molar-refractivity contribution in [1.29, 1.82) is 0 Å². The van der Waals surface area contributed by atoms with Crippen molar-refractivity contribution in [2.75, 3.05) is 25.0 Å². The molecule has 0 saturated carbocycles. The Bertz CT molecular complexity index is 865. The van der Waals surface area contributed by atoms with Crippen LogP contribution in [0, 0.1) is 12.7 Å². The third-order valence-electron chi connectivity index (χ3n) is 5.06. The molecule has 1 heterocycles. The van der Waals surface area contributed by atoms with Gasteiger partial charge in [-0.1, -0.05) is 18.2 Å². The molecule has 3 amide bonds. The Morgan fingerprint density at radius 3 is 2.54 bits per heavy atom.